The average molecular weight is 441 g/mol. The van der Waals surface area contributed by atoms with Crippen LogP contribution >= 0.6 is 0 Å². The van der Waals surface area contributed by atoms with Crippen LogP contribution in [0.3, 0.4) is 0 Å². The van der Waals surface area contributed by atoms with Crippen LogP contribution in [0.2, 0.25) is 0 Å². The van der Waals surface area contributed by atoms with Gasteiger partial charge in [-0.1, -0.05) is 60.7 Å². The highest BCUT2D eigenvalue weighted by atomic mass is 16.6. The maximum absolute atomic E-state index is 12.7. The van der Waals surface area contributed by atoms with Crippen LogP contribution < -0.4 is 10.6 Å². The summed E-state index contributed by atoms with van der Waals surface area (Å²) < 4.78 is 10.1. The number of carbonyl (C=O) groups is 3. The van der Waals surface area contributed by atoms with Crippen molar-refractivity contribution >= 4 is 18.0 Å². The van der Waals surface area contributed by atoms with Crippen molar-refractivity contribution in [1.29, 1.82) is 0 Å². The summed E-state index contributed by atoms with van der Waals surface area (Å²) in [5, 5.41) is 5.06. The van der Waals surface area contributed by atoms with Crippen LogP contribution in [0.5, 0.6) is 0 Å². The van der Waals surface area contributed by atoms with E-state index in [1.165, 1.54) is 0 Å². The Morgan fingerprint density at radius 2 is 1.44 bits per heavy atom. The molecule has 2 aromatic rings. The molecule has 0 spiro atoms. The molecular weight excluding hydrogens is 408 g/mol. The zero-order valence-corrected chi connectivity index (χ0v) is 19.1. The van der Waals surface area contributed by atoms with Crippen molar-refractivity contribution < 1.29 is 23.9 Å². The molecule has 2 N–H and O–H groups in total. The number of hydrogen-bond donors (Lipinski definition) is 2. The largest absolute Gasteiger partial charge is 0.464 e. The van der Waals surface area contributed by atoms with Gasteiger partial charge in [0.15, 0.2) is 0 Å². The first kappa shape index (κ1) is 24.9. The lowest BCUT2D eigenvalue weighted by atomic mass is 9.88. The monoisotopic (exact) mass is 440 g/mol. The second-order valence-corrected chi connectivity index (χ2v) is 8.28. The van der Waals surface area contributed by atoms with Gasteiger partial charge < -0.3 is 14.8 Å². The van der Waals surface area contributed by atoms with Gasteiger partial charge in [-0.15, -0.1) is 0 Å². The molecule has 0 heterocycles. The molecule has 32 heavy (non-hydrogen) atoms. The first-order valence-electron chi connectivity index (χ1n) is 10.7. The third-order valence-corrected chi connectivity index (χ3v) is 4.58. The molecule has 0 radical (unpaired) electrons. The fourth-order valence-corrected chi connectivity index (χ4v) is 3.22. The molecule has 1 atom stereocenters. The molecule has 2 rings (SSSR count). The van der Waals surface area contributed by atoms with E-state index in [9.17, 15) is 14.4 Å². The molecule has 0 aliphatic carbocycles. The highest BCUT2D eigenvalue weighted by molar-refractivity contribution is 6.04. The Kier molecular flexibility index (Phi) is 9.25. The molecule has 7 nitrogen and oxygen atoms in total. The Hall–Kier alpha value is -3.35. The van der Waals surface area contributed by atoms with E-state index in [1.54, 1.807) is 27.7 Å². The molecule has 0 saturated heterocycles. The molecule has 0 bridgehead atoms. The molecule has 2 aromatic carbocycles. The predicted octanol–water partition coefficient (Wildman–Crippen LogP) is 3.78. The minimum atomic E-state index is -1.49. The van der Waals surface area contributed by atoms with E-state index >= 15 is 0 Å². The number of alkyl carbamates (subject to hydrolysis) is 1. The Bertz CT molecular complexity index is 839. The summed E-state index contributed by atoms with van der Waals surface area (Å²) in [5.74, 6) is -1.41. The highest BCUT2D eigenvalue weighted by Crippen LogP contribution is 2.27. The SMILES string of the molecule is CCOC(=O)[C@H](NC(=O)OC(C)(C)C)C(=O)NCCC(c1ccccc1)c1ccccc1. The molecule has 2 amide bonds. The number of hydrogen-bond acceptors (Lipinski definition) is 5. The average Bonchev–Trinajstić information content (AvgIpc) is 2.75. The fraction of sp³-hybridized carbons (Fsp3) is 0.400. The molecule has 172 valence electrons. The van der Waals surface area contributed by atoms with Crippen molar-refractivity contribution in [1.82, 2.24) is 10.6 Å². The fourth-order valence-electron chi connectivity index (χ4n) is 3.22. The summed E-state index contributed by atoms with van der Waals surface area (Å²) >= 11 is 0. The van der Waals surface area contributed by atoms with Gasteiger partial charge in [-0.3, -0.25) is 10.1 Å². The second kappa shape index (κ2) is 11.9. The number of ether oxygens (including phenoxy) is 2. The number of esters is 1. The maximum atomic E-state index is 12.7. The smallest absolute Gasteiger partial charge is 0.408 e. The van der Waals surface area contributed by atoms with E-state index in [0.717, 1.165) is 11.1 Å². The lowest BCUT2D eigenvalue weighted by molar-refractivity contribution is -0.149. The van der Waals surface area contributed by atoms with Gasteiger partial charge in [-0.05, 0) is 45.2 Å². The normalized spacial score (nSPS) is 12.0. The van der Waals surface area contributed by atoms with Crippen LogP contribution in [0.25, 0.3) is 0 Å². The van der Waals surface area contributed by atoms with Crippen molar-refractivity contribution in [3.63, 3.8) is 0 Å². The Morgan fingerprint density at radius 1 is 0.906 bits per heavy atom. The topological polar surface area (TPSA) is 93.7 Å². The van der Waals surface area contributed by atoms with Crippen molar-refractivity contribution in [3.05, 3.63) is 71.8 Å². The summed E-state index contributed by atoms with van der Waals surface area (Å²) in [6.07, 6.45) is -0.251. The first-order chi connectivity index (χ1) is 15.2. The van der Waals surface area contributed by atoms with E-state index in [2.05, 4.69) is 10.6 Å². The van der Waals surface area contributed by atoms with Crippen molar-refractivity contribution in [2.24, 2.45) is 0 Å². The van der Waals surface area contributed by atoms with E-state index in [-0.39, 0.29) is 12.5 Å². The van der Waals surface area contributed by atoms with Crippen LogP contribution in [0, 0.1) is 0 Å². The maximum Gasteiger partial charge on any atom is 0.408 e. The highest BCUT2D eigenvalue weighted by Gasteiger charge is 2.31. The summed E-state index contributed by atoms with van der Waals surface area (Å²) in [5.41, 5.74) is 1.49. The van der Waals surface area contributed by atoms with Gasteiger partial charge in [0.05, 0.1) is 6.61 Å². The van der Waals surface area contributed by atoms with E-state index in [0.29, 0.717) is 13.0 Å². The number of carbonyl (C=O) groups excluding carboxylic acids is 3. The van der Waals surface area contributed by atoms with E-state index < -0.39 is 29.6 Å². The van der Waals surface area contributed by atoms with Crippen LogP contribution in [0.4, 0.5) is 4.79 Å². The quantitative estimate of drug-likeness (QED) is 0.457. The van der Waals surface area contributed by atoms with Gasteiger partial charge in [0.1, 0.15) is 5.60 Å². The van der Waals surface area contributed by atoms with Crippen LogP contribution in [-0.4, -0.2) is 42.8 Å². The van der Waals surface area contributed by atoms with E-state index in [1.807, 2.05) is 60.7 Å². The van der Waals surface area contributed by atoms with Gasteiger partial charge in [0.25, 0.3) is 5.91 Å². The first-order valence-corrected chi connectivity index (χ1v) is 10.7. The van der Waals surface area contributed by atoms with Crippen molar-refractivity contribution in [2.75, 3.05) is 13.2 Å². The molecule has 0 aliphatic heterocycles. The third kappa shape index (κ3) is 8.06. The molecule has 0 unspecified atom stereocenters. The lowest BCUT2D eigenvalue weighted by Crippen LogP contribution is -2.53. The standard InChI is InChI=1S/C25H32N2O5/c1-5-31-23(29)21(27-24(30)32-25(2,3)4)22(28)26-17-16-20(18-12-8-6-9-13-18)19-14-10-7-11-15-19/h6-15,20-21H,5,16-17H2,1-4H3,(H,26,28)(H,27,30)/t21-/m1/s1. The summed E-state index contributed by atoms with van der Waals surface area (Å²) in [6.45, 7) is 7.10. The zero-order valence-electron chi connectivity index (χ0n) is 19.1. The number of amides is 2. The number of rotatable bonds is 9. The van der Waals surface area contributed by atoms with Gasteiger partial charge in [0.2, 0.25) is 6.04 Å². The van der Waals surface area contributed by atoms with Crippen LogP contribution in [0.1, 0.15) is 51.2 Å². The number of benzene rings is 2. The second-order valence-electron chi connectivity index (χ2n) is 8.28. The molecule has 0 saturated carbocycles. The molecule has 7 heteroatoms. The van der Waals surface area contributed by atoms with Gasteiger partial charge in [0, 0.05) is 12.5 Å². The zero-order chi connectivity index (χ0) is 23.6. The molecule has 0 aromatic heterocycles. The van der Waals surface area contributed by atoms with Gasteiger partial charge in [-0.2, -0.15) is 0 Å². The Morgan fingerprint density at radius 3 is 1.91 bits per heavy atom. The van der Waals surface area contributed by atoms with Crippen molar-refractivity contribution in [3.8, 4) is 0 Å². The minimum Gasteiger partial charge on any atom is -0.464 e. The molecule has 0 fully saturated rings. The van der Waals surface area contributed by atoms with Gasteiger partial charge >= 0.3 is 12.1 Å². The van der Waals surface area contributed by atoms with Crippen molar-refractivity contribution in [2.45, 2.75) is 51.7 Å². The van der Waals surface area contributed by atoms with Crippen LogP contribution in [-0.2, 0) is 19.1 Å². The lowest BCUT2D eigenvalue weighted by Gasteiger charge is -2.23. The van der Waals surface area contributed by atoms with E-state index in [4.69, 9.17) is 9.47 Å². The summed E-state index contributed by atoms with van der Waals surface area (Å²) in [7, 11) is 0. The summed E-state index contributed by atoms with van der Waals surface area (Å²) in [6, 6.07) is 18.5. The minimum absolute atomic E-state index is 0.0672. The Balaban J connectivity index is 2.06. The molecular formula is C25H32N2O5. The van der Waals surface area contributed by atoms with Gasteiger partial charge in [-0.25, -0.2) is 9.59 Å². The van der Waals surface area contributed by atoms with Crippen LogP contribution in [0.15, 0.2) is 60.7 Å². The molecule has 0 aliphatic rings. The Labute approximate surface area is 189 Å². The number of nitrogens with one attached hydrogen (secondary N) is 2. The summed E-state index contributed by atoms with van der Waals surface area (Å²) in [4.78, 5) is 37.1. The third-order valence-electron chi connectivity index (χ3n) is 4.58. The predicted molar refractivity (Wildman–Crippen MR) is 122 cm³/mol.